The van der Waals surface area contributed by atoms with E-state index in [2.05, 4.69) is 0 Å². The number of nitrogens with zero attached hydrogens (tertiary/aromatic N) is 2. The van der Waals surface area contributed by atoms with E-state index in [0.29, 0.717) is 6.54 Å². The van der Waals surface area contributed by atoms with Crippen molar-refractivity contribution in [3.05, 3.63) is 24.0 Å². The molecular formula is C13H20N2O2. The van der Waals surface area contributed by atoms with E-state index < -0.39 is 0 Å². The molecule has 1 saturated heterocycles. The van der Waals surface area contributed by atoms with E-state index in [1.165, 1.54) is 12.8 Å². The largest absolute Gasteiger partial charge is 0.390 e. The van der Waals surface area contributed by atoms with Crippen LogP contribution in [0.5, 0.6) is 0 Å². The van der Waals surface area contributed by atoms with Crippen LogP contribution in [-0.4, -0.2) is 33.6 Å². The number of hydrogen-bond donors (Lipinski definition) is 1. The molecule has 0 spiro atoms. The summed E-state index contributed by atoms with van der Waals surface area (Å²) in [4.78, 5) is 14.1. The third-order valence-electron chi connectivity index (χ3n) is 3.35. The van der Waals surface area contributed by atoms with Gasteiger partial charge >= 0.3 is 0 Å². The molecule has 1 aliphatic rings. The van der Waals surface area contributed by atoms with Crippen molar-refractivity contribution in [2.24, 2.45) is 0 Å². The first kappa shape index (κ1) is 12.2. The lowest BCUT2D eigenvalue weighted by Crippen LogP contribution is -2.34. The molecular weight excluding hydrogens is 216 g/mol. The first-order valence-electron chi connectivity index (χ1n) is 6.34. The van der Waals surface area contributed by atoms with E-state index in [0.717, 1.165) is 31.6 Å². The number of carbonyl (C=O) groups is 1. The fourth-order valence-corrected chi connectivity index (χ4v) is 2.31. The summed E-state index contributed by atoms with van der Waals surface area (Å²) >= 11 is 0. The van der Waals surface area contributed by atoms with E-state index in [1.54, 1.807) is 0 Å². The lowest BCUT2D eigenvalue weighted by molar-refractivity contribution is -0.131. The van der Waals surface area contributed by atoms with Gasteiger partial charge in [-0.2, -0.15) is 0 Å². The number of carbonyl (C=O) groups excluding carboxylic acids is 1. The van der Waals surface area contributed by atoms with Crippen LogP contribution < -0.4 is 0 Å². The van der Waals surface area contributed by atoms with Crippen LogP contribution in [0.3, 0.4) is 0 Å². The highest BCUT2D eigenvalue weighted by Gasteiger charge is 2.16. The molecule has 0 unspecified atom stereocenters. The highest BCUT2D eigenvalue weighted by molar-refractivity contribution is 5.76. The Kier molecular flexibility index (Phi) is 4.20. The molecule has 0 saturated carbocycles. The zero-order valence-corrected chi connectivity index (χ0v) is 10.1. The standard InChI is InChI=1S/C13H20N2O2/c16-11-12-6-5-9-15(12)10-13(17)14-7-3-1-2-4-8-14/h5-6,9,16H,1-4,7-8,10-11H2. The van der Waals surface area contributed by atoms with E-state index >= 15 is 0 Å². The minimum atomic E-state index is -0.0136. The zero-order chi connectivity index (χ0) is 12.1. The van der Waals surface area contributed by atoms with Crippen LogP contribution in [0.4, 0.5) is 0 Å². The van der Waals surface area contributed by atoms with E-state index in [1.807, 2.05) is 27.8 Å². The van der Waals surface area contributed by atoms with Gasteiger partial charge in [-0.1, -0.05) is 12.8 Å². The van der Waals surface area contributed by atoms with Gasteiger partial charge in [-0.15, -0.1) is 0 Å². The minimum Gasteiger partial charge on any atom is -0.390 e. The average molecular weight is 236 g/mol. The van der Waals surface area contributed by atoms with Crippen LogP contribution >= 0.6 is 0 Å². The van der Waals surface area contributed by atoms with E-state index in [9.17, 15) is 4.79 Å². The van der Waals surface area contributed by atoms with Crippen LogP contribution in [0.25, 0.3) is 0 Å². The van der Waals surface area contributed by atoms with Crippen molar-refractivity contribution in [1.29, 1.82) is 0 Å². The van der Waals surface area contributed by atoms with Crippen molar-refractivity contribution < 1.29 is 9.90 Å². The maximum atomic E-state index is 12.1. The number of hydrogen-bond acceptors (Lipinski definition) is 2. The second-order valence-electron chi connectivity index (χ2n) is 4.58. The molecule has 0 aromatic carbocycles. The van der Waals surface area contributed by atoms with Gasteiger partial charge in [-0.25, -0.2) is 0 Å². The molecule has 17 heavy (non-hydrogen) atoms. The molecule has 1 fully saturated rings. The quantitative estimate of drug-likeness (QED) is 0.862. The molecule has 1 aromatic heterocycles. The number of aliphatic hydroxyl groups excluding tert-OH is 1. The van der Waals surface area contributed by atoms with Gasteiger partial charge in [-0.3, -0.25) is 4.79 Å². The second kappa shape index (κ2) is 5.87. The van der Waals surface area contributed by atoms with E-state index in [4.69, 9.17) is 5.11 Å². The Labute approximate surface area is 102 Å². The lowest BCUT2D eigenvalue weighted by atomic mass is 10.2. The smallest absolute Gasteiger partial charge is 0.242 e. The zero-order valence-electron chi connectivity index (χ0n) is 10.1. The summed E-state index contributed by atoms with van der Waals surface area (Å²) in [6.45, 7) is 2.10. The van der Waals surface area contributed by atoms with Crippen LogP contribution in [-0.2, 0) is 17.9 Å². The fourth-order valence-electron chi connectivity index (χ4n) is 2.31. The van der Waals surface area contributed by atoms with Gasteiger partial charge in [0, 0.05) is 25.0 Å². The molecule has 1 amide bonds. The molecule has 4 nitrogen and oxygen atoms in total. The predicted octanol–water partition coefficient (Wildman–Crippen LogP) is 1.38. The normalized spacial score (nSPS) is 16.9. The summed E-state index contributed by atoms with van der Waals surface area (Å²) in [7, 11) is 0. The molecule has 1 aliphatic heterocycles. The Morgan fingerprint density at radius 3 is 2.59 bits per heavy atom. The van der Waals surface area contributed by atoms with Gasteiger partial charge in [0.15, 0.2) is 0 Å². The molecule has 0 bridgehead atoms. The van der Waals surface area contributed by atoms with Crippen LogP contribution in [0.2, 0.25) is 0 Å². The van der Waals surface area contributed by atoms with Crippen LogP contribution in [0.1, 0.15) is 31.4 Å². The highest BCUT2D eigenvalue weighted by atomic mass is 16.3. The van der Waals surface area contributed by atoms with Crippen molar-refractivity contribution >= 4 is 5.91 Å². The number of aliphatic hydroxyl groups is 1. The molecule has 0 atom stereocenters. The topological polar surface area (TPSA) is 45.5 Å². The summed E-state index contributed by atoms with van der Waals surface area (Å²) in [5.74, 6) is 0.165. The van der Waals surface area contributed by atoms with Crippen LogP contribution in [0.15, 0.2) is 18.3 Å². The fraction of sp³-hybridized carbons (Fsp3) is 0.615. The average Bonchev–Trinajstić information content (AvgIpc) is 2.62. The Bertz CT molecular complexity index is 365. The number of amides is 1. The van der Waals surface area contributed by atoms with Crippen molar-refractivity contribution in [1.82, 2.24) is 9.47 Å². The van der Waals surface area contributed by atoms with Gasteiger partial charge in [0.2, 0.25) is 5.91 Å². The number of aromatic nitrogens is 1. The van der Waals surface area contributed by atoms with Gasteiger partial charge < -0.3 is 14.6 Å². The highest BCUT2D eigenvalue weighted by Crippen LogP contribution is 2.11. The van der Waals surface area contributed by atoms with Crippen molar-refractivity contribution in [2.45, 2.75) is 38.8 Å². The molecule has 0 radical (unpaired) electrons. The van der Waals surface area contributed by atoms with Gasteiger partial charge in [0.05, 0.1) is 6.61 Å². The summed E-state index contributed by atoms with van der Waals surface area (Å²) in [5, 5.41) is 9.13. The maximum Gasteiger partial charge on any atom is 0.242 e. The third-order valence-corrected chi connectivity index (χ3v) is 3.35. The molecule has 2 heterocycles. The van der Waals surface area contributed by atoms with E-state index in [-0.39, 0.29) is 12.5 Å². The maximum absolute atomic E-state index is 12.1. The summed E-state index contributed by atoms with van der Waals surface area (Å²) in [6.07, 6.45) is 6.54. The molecule has 0 aliphatic carbocycles. The molecule has 94 valence electrons. The Morgan fingerprint density at radius 2 is 1.94 bits per heavy atom. The number of likely N-dealkylation sites (tertiary alicyclic amines) is 1. The minimum absolute atomic E-state index is 0.0136. The monoisotopic (exact) mass is 236 g/mol. The summed E-state index contributed by atoms with van der Waals surface area (Å²) in [5.41, 5.74) is 0.799. The number of rotatable bonds is 3. The molecule has 4 heteroatoms. The Morgan fingerprint density at radius 1 is 1.24 bits per heavy atom. The van der Waals surface area contributed by atoms with Crippen molar-refractivity contribution in [3.63, 3.8) is 0 Å². The van der Waals surface area contributed by atoms with Gasteiger partial charge in [-0.05, 0) is 25.0 Å². The first-order chi connectivity index (χ1) is 8.31. The van der Waals surface area contributed by atoms with Crippen molar-refractivity contribution in [3.8, 4) is 0 Å². The second-order valence-corrected chi connectivity index (χ2v) is 4.58. The van der Waals surface area contributed by atoms with Gasteiger partial charge in [0.25, 0.3) is 0 Å². The summed E-state index contributed by atoms with van der Waals surface area (Å²) < 4.78 is 1.83. The Balaban J connectivity index is 1.95. The molecule has 2 rings (SSSR count). The van der Waals surface area contributed by atoms with Crippen molar-refractivity contribution in [2.75, 3.05) is 13.1 Å². The van der Waals surface area contributed by atoms with Gasteiger partial charge in [0.1, 0.15) is 6.54 Å². The molecule has 1 aromatic rings. The lowest BCUT2D eigenvalue weighted by Gasteiger charge is -2.21. The predicted molar refractivity (Wildman–Crippen MR) is 65.4 cm³/mol. The SMILES string of the molecule is O=C(Cn1cccc1CO)N1CCCCCC1. The summed E-state index contributed by atoms with van der Waals surface area (Å²) in [6, 6.07) is 3.71. The molecule has 1 N–H and O–H groups in total. The van der Waals surface area contributed by atoms with Crippen LogP contribution in [0, 0.1) is 0 Å². The first-order valence-corrected chi connectivity index (χ1v) is 6.34. The third kappa shape index (κ3) is 3.09. The Hall–Kier alpha value is -1.29.